The number of esters is 1. The van der Waals surface area contributed by atoms with E-state index in [1.165, 1.54) is 56.6 Å². The summed E-state index contributed by atoms with van der Waals surface area (Å²) < 4.78 is 31.7. The van der Waals surface area contributed by atoms with Crippen LogP contribution in [-0.2, 0) is 14.8 Å². The average molecular weight is 459 g/mol. The van der Waals surface area contributed by atoms with Gasteiger partial charge in [-0.15, -0.1) is 0 Å². The lowest BCUT2D eigenvalue weighted by atomic mass is 10.1. The van der Waals surface area contributed by atoms with Gasteiger partial charge < -0.3 is 10.1 Å². The van der Waals surface area contributed by atoms with E-state index in [2.05, 4.69) is 10.1 Å². The van der Waals surface area contributed by atoms with Crippen molar-refractivity contribution in [2.45, 2.75) is 4.90 Å². The zero-order chi connectivity index (χ0) is 22.6. The number of nitrogens with one attached hydrogen (secondary N) is 1. The van der Waals surface area contributed by atoms with Crippen LogP contribution in [0.5, 0.6) is 0 Å². The summed E-state index contributed by atoms with van der Waals surface area (Å²) in [6.07, 6.45) is 0. The maximum absolute atomic E-state index is 13.0. The molecule has 0 bridgehead atoms. The molecule has 0 saturated carbocycles. The van der Waals surface area contributed by atoms with Gasteiger partial charge in [-0.2, -0.15) is 0 Å². The van der Waals surface area contributed by atoms with Crippen LogP contribution in [0.4, 0.5) is 11.4 Å². The molecule has 160 valence electrons. The third-order valence-corrected chi connectivity index (χ3v) is 6.63. The van der Waals surface area contributed by atoms with Crippen LogP contribution in [0.1, 0.15) is 20.7 Å². The first-order valence-corrected chi connectivity index (χ1v) is 10.9. The molecule has 0 saturated heterocycles. The number of anilines is 2. The van der Waals surface area contributed by atoms with Crippen molar-refractivity contribution < 1.29 is 22.7 Å². The van der Waals surface area contributed by atoms with Crippen LogP contribution in [0.25, 0.3) is 0 Å². The van der Waals surface area contributed by atoms with E-state index >= 15 is 0 Å². The topological polar surface area (TPSA) is 92.8 Å². The van der Waals surface area contributed by atoms with Crippen molar-refractivity contribution in [2.75, 3.05) is 23.8 Å². The van der Waals surface area contributed by atoms with Gasteiger partial charge in [-0.1, -0.05) is 41.9 Å². The van der Waals surface area contributed by atoms with Crippen molar-refractivity contribution >= 4 is 44.9 Å². The average Bonchev–Trinajstić information content (AvgIpc) is 2.79. The summed E-state index contributed by atoms with van der Waals surface area (Å²) in [5, 5.41) is 2.84. The molecule has 1 N–H and O–H groups in total. The predicted molar refractivity (Wildman–Crippen MR) is 119 cm³/mol. The fraction of sp³-hybridized carbons (Fsp3) is 0.0909. The monoisotopic (exact) mass is 458 g/mol. The molecule has 0 aliphatic rings. The number of nitrogens with zero attached hydrogens (tertiary/aromatic N) is 1. The van der Waals surface area contributed by atoms with Crippen molar-refractivity contribution in [3.8, 4) is 0 Å². The van der Waals surface area contributed by atoms with Crippen LogP contribution in [0.2, 0.25) is 5.02 Å². The lowest BCUT2D eigenvalue weighted by Gasteiger charge is -2.22. The molecule has 31 heavy (non-hydrogen) atoms. The van der Waals surface area contributed by atoms with E-state index in [1.807, 2.05) is 0 Å². The van der Waals surface area contributed by atoms with Gasteiger partial charge in [0.15, 0.2) is 0 Å². The number of methoxy groups -OCH3 is 1. The van der Waals surface area contributed by atoms with Gasteiger partial charge in [-0.25, -0.2) is 13.2 Å². The summed E-state index contributed by atoms with van der Waals surface area (Å²) in [4.78, 5) is 24.9. The second-order valence-corrected chi connectivity index (χ2v) is 8.82. The zero-order valence-corrected chi connectivity index (χ0v) is 18.3. The molecule has 3 aromatic rings. The Hall–Kier alpha value is -3.36. The Morgan fingerprint density at radius 1 is 0.935 bits per heavy atom. The highest BCUT2D eigenvalue weighted by Crippen LogP contribution is 2.27. The van der Waals surface area contributed by atoms with E-state index in [9.17, 15) is 18.0 Å². The molecule has 0 heterocycles. The van der Waals surface area contributed by atoms with E-state index in [0.717, 1.165) is 4.31 Å². The van der Waals surface area contributed by atoms with E-state index in [0.29, 0.717) is 5.69 Å². The molecule has 3 rings (SSSR count). The Bertz CT molecular complexity index is 1230. The molecule has 0 atom stereocenters. The van der Waals surface area contributed by atoms with Crippen LogP contribution < -0.4 is 9.62 Å². The maximum Gasteiger partial charge on any atom is 0.339 e. The number of carbonyl (C=O) groups is 2. The summed E-state index contributed by atoms with van der Waals surface area (Å²) in [6, 6.07) is 18.6. The molecular weight excluding hydrogens is 440 g/mol. The van der Waals surface area contributed by atoms with Gasteiger partial charge in [0.05, 0.1) is 33.8 Å². The fourth-order valence-corrected chi connectivity index (χ4v) is 4.32. The molecule has 0 fully saturated rings. The van der Waals surface area contributed by atoms with E-state index in [4.69, 9.17) is 11.6 Å². The summed E-state index contributed by atoms with van der Waals surface area (Å²) in [5.41, 5.74) is 0.738. The number of rotatable bonds is 6. The SMILES string of the molecule is COC(=O)c1cc(NC(=O)c2ccccc2N(C)S(=O)(=O)c2ccccc2)ccc1Cl. The first-order valence-electron chi connectivity index (χ1n) is 9.08. The molecule has 0 aromatic heterocycles. The van der Waals surface area contributed by atoms with Crippen molar-refractivity contribution in [3.05, 3.63) is 88.9 Å². The molecule has 3 aromatic carbocycles. The van der Waals surface area contributed by atoms with Gasteiger partial charge in [0, 0.05) is 12.7 Å². The highest BCUT2D eigenvalue weighted by atomic mass is 35.5. The molecule has 0 aliphatic carbocycles. The van der Waals surface area contributed by atoms with Gasteiger partial charge in [-0.3, -0.25) is 9.10 Å². The minimum atomic E-state index is -3.87. The number of ether oxygens (including phenoxy) is 1. The van der Waals surface area contributed by atoms with Crippen molar-refractivity contribution in [1.29, 1.82) is 0 Å². The van der Waals surface area contributed by atoms with Crippen LogP contribution in [0.15, 0.2) is 77.7 Å². The van der Waals surface area contributed by atoms with Gasteiger partial charge in [0.25, 0.3) is 15.9 Å². The summed E-state index contributed by atoms with van der Waals surface area (Å²) in [6.45, 7) is 0. The number of halogens is 1. The van der Waals surface area contributed by atoms with Crippen LogP contribution in [-0.4, -0.2) is 34.5 Å². The number of carbonyl (C=O) groups excluding carboxylic acids is 2. The molecule has 1 amide bonds. The Morgan fingerprint density at radius 2 is 1.58 bits per heavy atom. The van der Waals surface area contributed by atoms with Gasteiger partial charge >= 0.3 is 5.97 Å². The molecule has 0 aliphatic heterocycles. The highest BCUT2D eigenvalue weighted by molar-refractivity contribution is 7.92. The Kier molecular flexibility index (Phi) is 6.62. The minimum absolute atomic E-state index is 0.0963. The molecule has 9 heteroatoms. The summed E-state index contributed by atoms with van der Waals surface area (Å²) >= 11 is 6.01. The van der Waals surface area contributed by atoms with Crippen molar-refractivity contribution in [3.63, 3.8) is 0 Å². The number of benzene rings is 3. The Labute approximate surface area is 185 Å². The third kappa shape index (κ3) is 4.70. The van der Waals surface area contributed by atoms with Gasteiger partial charge in [-0.05, 0) is 42.5 Å². The number of hydrogen-bond donors (Lipinski definition) is 1. The number of sulfonamides is 1. The number of amides is 1. The third-order valence-electron chi connectivity index (χ3n) is 4.52. The summed E-state index contributed by atoms with van der Waals surface area (Å²) in [7, 11) is -1.27. The number of para-hydroxylation sites is 1. The maximum atomic E-state index is 13.0. The fourth-order valence-electron chi connectivity index (χ4n) is 2.89. The van der Waals surface area contributed by atoms with Gasteiger partial charge in [0.2, 0.25) is 0 Å². The smallest absolute Gasteiger partial charge is 0.339 e. The van der Waals surface area contributed by atoms with Crippen molar-refractivity contribution in [2.24, 2.45) is 0 Å². The van der Waals surface area contributed by atoms with Crippen LogP contribution >= 0.6 is 11.6 Å². The van der Waals surface area contributed by atoms with Crippen LogP contribution in [0, 0.1) is 0 Å². The Balaban J connectivity index is 1.94. The lowest BCUT2D eigenvalue weighted by molar-refractivity contribution is 0.0600. The molecule has 0 spiro atoms. The highest BCUT2D eigenvalue weighted by Gasteiger charge is 2.25. The normalized spacial score (nSPS) is 10.9. The molecule has 7 nitrogen and oxygen atoms in total. The van der Waals surface area contributed by atoms with Crippen LogP contribution in [0.3, 0.4) is 0 Å². The molecular formula is C22H19ClN2O5S. The van der Waals surface area contributed by atoms with E-state index in [1.54, 1.807) is 30.3 Å². The quantitative estimate of drug-likeness (QED) is 0.559. The van der Waals surface area contributed by atoms with Gasteiger partial charge in [0.1, 0.15) is 0 Å². The molecule has 0 unspecified atom stereocenters. The zero-order valence-electron chi connectivity index (χ0n) is 16.7. The van der Waals surface area contributed by atoms with Crippen molar-refractivity contribution in [1.82, 2.24) is 0 Å². The second kappa shape index (κ2) is 9.20. The lowest BCUT2D eigenvalue weighted by Crippen LogP contribution is -2.29. The first kappa shape index (κ1) is 22.3. The minimum Gasteiger partial charge on any atom is -0.465 e. The summed E-state index contributed by atoms with van der Waals surface area (Å²) in [5.74, 6) is -1.20. The predicted octanol–water partition coefficient (Wildman–Crippen LogP) is 4.20. The Morgan fingerprint density at radius 3 is 2.26 bits per heavy atom. The first-order chi connectivity index (χ1) is 14.8. The van der Waals surface area contributed by atoms with E-state index in [-0.39, 0.29) is 26.7 Å². The number of hydrogen-bond acceptors (Lipinski definition) is 5. The molecule has 0 radical (unpaired) electrons. The van der Waals surface area contributed by atoms with E-state index < -0.39 is 21.9 Å². The largest absolute Gasteiger partial charge is 0.465 e. The standard InChI is InChI=1S/C22H19ClN2O5S/c1-25(31(28,29)16-8-4-3-5-9-16)20-11-7-6-10-17(20)21(26)24-15-12-13-19(23)18(14-15)22(27)30-2/h3-14H,1-2H3,(H,24,26). The second-order valence-electron chi connectivity index (χ2n) is 6.44.